The molecule has 0 N–H and O–H groups in total. The maximum Gasteiger partial charge on any atom is 0.341 e. The lowest BCUT2D eigenvalue weighted by Crippen LogP contribution is -2.33. The lowest BCUT2D eigenvalue weighted by molar-refractivity contribution is 0.0419. The predicted molar refractivity (Wildman–Crippen MR) is 100 cm³/mol. The number of rotatable bonds is 5. The van der Waals surface area contributed by atoms with Crippen LogP contribution in [0.3, 0.4) is 0 Å². The zero-order valence-corrected chi connectivity index (χ0v) is 15.5. The number of esters is 1. The molecule has 2 aromatic carbocycles. The number of ether oxygens (including phenoxy) is 1. The summed E-state index contributed by atoms with van der Waals surface area (Å²) in [5.74, 6) is -1.96. The molecule has 0 bridgehead atoms. The Bertz CT molecular complexity index is 1100. The third-order valence-corrected chi connectivity index (χ3v) is 4.74. The average molecular weight is 393 g/mol. The number of para-hydroxylation sites is 1. The van der Waals surface area contributed by atoms with Crippen LogP contribution in [0.4, 0.5) is 4.39 Å². The molecule has 1 aliphatic rings. The van der Waals surface area contributed by atoms with Crippen LogP contribution in [0, 0.1) is 12.7 Å². The molecule has 0 aliphatic carbocycles. The summed E-state index contributed by atoms with van der Waals surface area (Å²) in [7, 11) is 0. The van der Waals surface area contributed by atoms with Gasteiger partial charge in [0.15, 0.2) is 0 Å². The molecule has 0 fully saturated rings. The summed E-state index contributed by atoms with van der Waals surface area (Å²) in [5, 5.41) is 4.06. The van der Waals surface area contributed by atoms with E-state index in [0.29, 0.717) is 16.8 Å². The van der Waals surface area contributed by atoms with E-state index >= 15 is 0 Å². The molecule has 0 unspecified atom stereocenters. The van der Waals surface area contributed by atoms with Crippen molar-refractivity contribution < 1.29 is 23.5 Å². The Morgan fingerprint density at radius 1 is 1.03 bits per heavy atom. The van der Waals surface area contributed by atoms with E-state index in [1.807, 2.05) is 0 Å². The summed E-state index contributed by atoms with van der Waals surface area (Å²) >= 11 is 0. The van der Waals surface area contributed by atoms with Crippen molar-refractivity contribution in [2.24, 2.45) is 0 Å². The topological polar surface area (TPSA) is 81.5 Å². The maximum atomic E-state index is 14.0. The van der Waals surface area contributed by atoms with Gasteiger partial charge in [-0.2, -0.15) is 5.10 Å². The van der Waals surface area contributed by atoms with Crippen molar-refractivity contribution in [2.45, 2.75) is 6.92 Å². The first-order valence-electron chi connectivity index (χ1n) is 8.91. The third-order valence-electron chi connectivity index (χ3n) is 4.74. The monoisotopic (exact) mass is 393 g/mol. The van der Waals surface area contributed by atoms with Gasteiger partial charge in [-0.05, 0) is 31.2 Å². The van der Waals surface area contributed by atoms with E-state index in [4.69, 9.17) is 4.74 Å². The molecule has 0 atom stereocenters. The molecule has 1 aliphatic heterocycles. The molecule has 7 nitrogen and oxygen atoms in total. The Morgan fingerprint density at radius 3 is 2.31 bits per heavy atom. The van der Waals surface area contributed by atoms with E-state index < -0.39 is 23.6 Å². The highest BCUT2D eigenvalue weighted by Crippen LogP contribution is 2.22. The number of amides is 2. The van der Waals surface area contributed by atoms with Gasteiger partial charge in [-0.1, -0.05) is 24.3 Å². The summed E-state index contributed by atoms with van der Waals surface area (Å²) < 4.78 is 20.5. The fourth-order valence-electron chi connectivity index (χ4n) is 3.23. The normalized spacial score (nSPS) is 13.0. The molecular formula is C21H16FN3O4. The molecule has 2 heterocycles. The molecule has 1 aromatic heterocycles. The van der Waals surface area contributed by atoms with Gasteiger partial charge in [0.05, 0.1) is 29.6 Å². The lowest BCUT2D eigenvalue weighted by Gasteiger charge is -2.13. The van der Waals surface area contributed by atoms with Crippen LogP contribution in [0.2, 0.25) is 0 Å². The van der Waals surface area contributed by atoms with Crippen molar-refractivity contribution in [2.75, 3.05) is 13.2 Å². The van der Waals surface area contributed by atoms with Crippen LogP contribution in [0.1, 0.15) is 36.8 Å². The Morgan fingerprint density at radius 2 is 1.66 bits per heavy atom. The van der Waals surface area contributed by atoms with Gasteiger partial charge in [-0.3, -0.25) is 14.5 Å². The quantitative estimate of drug-likeness (QED) is 0.492. The molecule has 0 saturated carbocycles. The molecule has 0 spiro atoms. The summed E-state index contributed by atoms with van der Waals surface area (Å²) in [6.45, 7) is 1.41. The van der Waals surface area contributed by atoms with Gasteiger partial charge in [0.2, 0.25) is 0 Å². The first-order chi connectivity index (χ1) is 14.0. The number of halogens is 1. The highest BCUT2D eigenvalue weighted by atomic mass is 19.1. The molecular weight excluding hydrogens is 377 g/mol. The van der Waals surface area contributed by atoms with Crippen LogP contribution >= 0.6 is 0 Å². The fraction of sp³-hybridized carbons (Fsp3) is 0.143. The summed E-state index contributed by atoms with van der Waals surface area (Å²) in [6, 6.07) is 12.6. The SMILES string of the molecule is Cc1c(C(=O)OCCN2C(=O)c3ccccc3C2=O)cnn1-c1ccccc1F. The zero-order valence-electron chi connectivity index (χ0n) is 15.5. The molecule has 3 aromatic rings. The van der Waals surface area contributed by atoms with E-state index in [2.05, 4.69) is 5.10 Å². The molecule has 2 amide bonds. The summed E-state index contributed by atoms with van der Waals surface area (Å²) in [6.07, 6.45) is 1.30. The van der Waals surface area contributed by atoms with Crippen molar-refractivity contribution in [3.8, 4) is 5.69 Å². The van der Waals surface area contributed by atoms with E-state index in [0.717, 1.165) is 4.90 Å². The fourth-order valence-corrected chi connectivity index (χ4v) is 3.23. The van der Waals surface area contributed by atoms with Crippen molar-refractivity contribution >= 4 is 17.8 Å². The van der Waals surface area contributed by atoms with Crippen molar-refractivity contribution in [3.05, 3.63) is 82.9 Å². The second-order valence-corrected chi connectivity index (χ2v) is 6.45. The number of carbonyl (C=O) groups is 3. The van der Waals surface area contributed by atoms with Crippen molar-refractivity contribution in [3.63, 3.8) is 0 Å². The second-order valence-electron chi connectivity index (χ2n) is 6.45. The largest absolute Gasteiger partial charge is 0.460 e. The van der Waals surface area contributed by atoms with E-state index in [1.54, 1.807) is 49.4 Å². The van der Waals surface area contributed by atoms with Crippen molar-refractivity contribution in [1.82, 2.24) is 14.7 Å². The van der Waals surface area contributed by atoms with Crippen LogP contribution in [-0.2, 0) is 4.74 Å². The van der Waals surface area contributed by atoms with Crippen LogP contribution < -0.4 is 0 Å². The van der Waals surface area contributed by atoms with Crippen LogP contribution in [0.15, 0.2) is 54.7 Å². The first kappa shape index (κ1) is 18.5. The Kier molecular flexibility index (Phi) is 4.67. The number of imide groups is 1. The first-order valence-corrected chi connectivity index (χ1v) is 8.91. The number of hydrogen-bond donors (Lipinski definition) is 0. The molecule has 4 rings (SSSR count). The van der Waals surface area contributed by atoms with Gasteiger partial charge in [-0.25, -0.2) is 13.9 Å². The van der Waals surface area contributed by atoms with Crippen LogP contribution in [0.25, 0.3) is 5.69 Å². The van der Waals surface area contributed by atoms with Gasteiger partial charge in [0.25, 0.3) is 11.8 Å². The van der Waals surface area contributed by atoms with E-state index in [9.17, 15) is 18.8 Å². The van der Waals surface area contributed by atoms with Crippen molar-refractivity contribution in [1.29, 1.82) is 0 Å². The standard InChI is InChI=1S/C21H16FN3O4/c1-13-16(12-23-25(13)18-9-5-4-8-17(18)22)21(28)29-11-10-24-19(26)14-6-2-3-7-15(14)20(24)27/h2-9,12H,10-11H2,1H3. The zero-order chi connectivity index (χ0) is 20.5. The average Bonchev–Trinajstić information content (AvgIpc) is 3.22. The molecule has 146 valence electrons. The molecule has 0 radical (unpaired) electrons. The highest BCUT2D eigenvalue weighted by Gasteiger charge is 2.34. The van der Waals surface area contributed by atoms with Gasteiger partial charge >= 0.3 is 5.97 Å². The minimum Gasteiger partial charge on any atom is -0.460 e. The minimum absolute atomic E-state index is 0.0570. The number of benzene rings is 2. The smallest absolute Gasteiger partial charge is 0.341 e. The second kappa shape index (κ2) is 7.31. The van der Waals surface area contributed by atoms with E-state index in [1.165, 1.54) is 16.9 Å². The molecule has 29 heavy (non-hydrogen) atoms. The van der Waals surface area contributed by atoms with E-state index in [-0.39, 0.29) is 24.4 Å². The van der Waals surface area contributed by atoms with Crippen LogP contribution in [0.5, 0.6) is 0 Å². The van der Waals surface area contributed by atoms with Gasteiger partial charge in [0.1, 0.15) is 23.7 Å². The van der Waals surface area contributed by atoms with Gasteiger partial charge in [-0.15, -0.1) is 0 Å². The number of hydrogen-bond acceptors (Lipinski definition) is 5. The summed E-state index contributed by atoms with van der Waals surface area (Å²) in [4.78, 5) is 38.1. The maximum absolute atomic E-state index is 14.0. The molecule has 8 heteroatoms. The third kappa shape index (κ3) is 3.18. The number of carbonyl (C=O) groups excluding carboxylic acids is 3. The number of nitrogens with zero attached hydrogens (tertiary/aromatic N) is 3. The van der Waals surface area contributed by atoms with Crippen LogP contribution in [-0.4, -0.2) is 45.6 Å². The Balaban J connectivity index is 1.42. The summed E-state index contributed by atoms with van der Waals surface area (Å²) in [5.41, 5.74) is 1.49. The Labute approximate surface area is 165 Å². The Hall–Kier alpha value is -3.81. The predicted octanol–water partition coefficient (Wildman–Crippen LogP) is 2.77. The highest BCUT2D eigenvalue weighted by molar-refractivity contribution is 6.21. The van der Waals surface area contributed by atoms with Gasteiger partial charge in [0, 0.05) is 0 Å². The minimum atomic E-state index is -0.665. The number of aromatic nitrogens is 2. The van der Waals surface area contributed by atoms with Gasteiger partial charge < -0.3 is 4.74 Å². The lowest BCUT2D eigenvalue weighted by atomic mass is 10.1. The molecule has 0 saturated heterocycles. The number of fused-ring (bicyclic) bond motifs is 1.